The van der Waals surface area contributed by atoms with Gasteiger partial charge in [0.2, 0.25) is 0 Å². The summed E-state index contributed by atoms with van der Waals surface area (Å²) in [6.07, 6.45) is 9.99. The Kier molecular flexibility index (Phi) is 8.19. The molecule has 0 saturated carbocycles. The standard InChI is InChI=1S/C15H24ClNO2S/c1-2-3-4-5-6-7-8-9-14-10-12-15(13-11-14)20(18,19)17-16/h10-13,17H,2-9H2,1H3. The molecule has 0 fully saturated rings. The zero-order chi connectivity index (χ0) is 14.8. The highest BCUT2D eigenvalue weighted by molar-refractivity contribution is 7.90. The number of rotatable bonds is 10. The van der Waals surface area contributed by atoms with E-state index in [0.717, 1.165) is 12.8 Å². The van der Waals surface area contributed by atoms with Crippen molar-refractivity contribution in [2.45, 2.75) is 63.2 Å². The van der Waals surface area contributed by atoms with Crippen molar-refractivity contribution in [3.05, 3.63) is 29.8 Å². The van der Waals surface area contributed by atoms with Crippen molar-refractivity contribution in [1.82, 2.24) is 4.24 Å². The van der Waals surface area contributed by atoms with E-state index in [0.29, 0.717) is 0 Å². The van der Waals surface area contributed by atoms with Gasteiger partial charge in [-0.25, -0.2) is 8.42 Å². The summed E-state index contributed by atoms with van der Waals surface area (Å²) in [4.78, 5) is 0.204. The molecule has 0 amide bonds. The van der Waals surface area contributed by atoms with Crippen LogP contribution >= 0.6 is 11.8 Å². The van der Waals surface area contributed by atoms with Crippen molar-refractivity contribution in [2.24, 2.45) is 0 Å². The van der Waals surface area contributed by atoms with Gasteiger partial charge in [-0.15, -0.1) is 4.24 Å². The van der Waals surface area contributed by atoms with E-state index in [1.165, 1.54) is 44.1 Å². The lowest BCUT2D eigenvalue weighted by Gasteiger charge is -2.04. The number of hydrogen-bond acceptors (Lipinski definition) is 2. The van der Waals surface area contributed by atoms with Crippen LogP contribution in [0.4, 0.5) is 0 Å². The quantitative estimate of drug-likeness (QED) is 0.513. The summed E-state index contributed by atoms with van der Waals surface area (Å²) in [6, 6.07) is 6.92. The molecule has 1 aromatic carbocycles. The SMILES string of the molecule is CCCCCCCCCc1ccc(S(=O)(=O)NCl)cc1. The van der Waals surface area contributed by atoms with Gasteiger partial charge in [0, 0.05) is 0 Å². The molecule has 0 heterocycles. The van der Waals surface area contributed by atoms with E-state index in [1.54, 1.807) is 16.4 Å². The molecule has 0 unspecified atom stereocenters. The lowest BCUT2D eigenvalue weighted by Crippen LogP contribution is -2.13. The highest BCUT2D eigenvalue weighted by Gasteiger charge is 2.11. The predicted octanol–water partition coefficient (Wildman–Crippen LogP) is 4.41. The van der Waals surface area contributed by atoms with E-state index in [-0.39, 0.29) is 4.90 Å². The monoisotopic (exact) mass is 317 g/mol. The van der Waals surface area contributed by atoms with Crippen LogP contribution in [-0.2, 0) is 16.4 Å². The van der Waals surface area contributed by atoms with Gasteiger partial charge in [0.05, 0.1) is 4.90 Å². The second-order valence-corrected chi connectivity index (χ2v) is 7.19. The minimum atomic E-state index is -3.54. The first kappa shape index (κ1) is 17.5. The summed E-state index contributed by atoms with van der Waals surface area (Å²) in [7, 11) is -3.54. The molecule has 0 aliphatic carbocycles. The van der Waals surface area contributed by atoms with Crippen LogP contribution in [0.5, 0.6) is 0 Å². The molecule has 0 atom stereocenters. The van der Waals surface area contributed by atoms with Gasteiger partial charge in [-0.2, -0.15) is 0 Å². The lowest BCUT2D eigenvalue weighted by atomic mass is 10.0. The van der Waals surface area contributed by atoms with Crippen LogP contribution < -0.4 is 4.24 Å². The smallest absolute Gasteiger partial charge is 0.206 e. The van der Waals surface area contributed by atoms with Crippen LogP contribution in [0.3, 0.4) is 0 Å². The molecular weight excluding hydrogens is 294 g/mol. The summed E-state index contributed by atoms with van der Waals surface area (Å²) >= 11 is 5.18. The van der Waals surface area contributed by atoms with Crippen LogP contribution in [0.1, 0.15) is 57.4 Å². The molecule has 3 nitrogen and oxygen atoms in total. The Hall–Kier alpha value is -0.580. The molecule has 20 heavy (non-hydrogen) atoms. The summed E-state index contributed by atoms with van der Waals surface area (Å²) in [6.45, 7) is 2.23. The normalized spacial score (nSPS) is 11.7. The Morgan fingerprint density at radius 3 is 2.05 bits per heavy atom. The predicted molar refractivity (Wildman–Crippen MR) is 84.3 cm³/mol. The minimum absolute atomic E-state index is 0.204. The van der Waals surface area contributed by atoms with E-state index in [2.05, 4.69) is 6.92 Å². The Morgan fingerprint density at radius 2 is 1.50 bits per heavy atom. The van der Waals surface area contributed by atoms with Crippen LogP contribution in [-0.4, -0.2) is 8.42 Å². The molecule has 0 bridgehead atoms. The number of unbranched alkanes of at least 4 members (excludes halogenated alkanes) is 6. The highest BCUT2D eigenvalue weighted by atomic mass is 35.5. The molecule has 0 saturated heterocycles. The lowest BCUT2D eigenvalue weighted by molar-refractivity contribution is 0.589. The van der Waals surface area contributed by atoms with Crippen LogP contribution in [0.25, 0.3) is 0 Å². The third-order valence-corrected chi connectivity index (χ3v) is 5.11. The average molecular weight is 318 g/mol. The maximum Gasteiger partial charge on any atom is 0.253 e. The largest absolute Gasteiger partial charge is 0.253 e. The third-order valence-electron chi connectivity index (χ3n) is 3.40. The van der Waals surface area contributed by atoms with Gasteiger partial charge >= 0.3 is 0 Å². The molecule has 0 aromatic heterocycles. The summed E-state index contributed by atoms with van der Waals surface area (Å²) in [5, 5.41) is 0. The van der Waals surface area contributed by atoms with Crippen molar-refractivity contribution >= 4 is 21.8 Å². The average Bonchev–Trinajstić information content (AvgIpc) is 2.47. The van der Waals surface area contributed by atoms with Gasteiger partial charge in [0.25, 0.3) is 10.0 Å². The Labute approximate surface area is 127 Å². The first-order valence-corrected chi connectivity index (χ1v) is 9.17. The summed E-state index contributed by atoms with van der Waals surface area (Å²) in [5.74, 6) is 0. The van der Waals surface area contributed by atoms with Crippen molar-refractivity contribution in [3.63, 3.8) is 0 Å². The summed E-state index contributed by atoms with van der Waals surface area (Å²) in [5.41, 5.74) is 1.17. The number of hydrogen-bond donors (Lipinski definition) is 1. The molecule has 1 aromatic rings. The summed E-state index contributed by atoms with van der Waals surface area (Å²) < 4.78 is 24.7. The first-order chi connectivity index (χ1) is 9.60. The van der Waals surface area contributed by atoms with Crippen molar-refractivity contribution < 1.29 is 8.42 Å². The second kappa shape index (κ2) is 9.37. The fourth-order valence-electron chi connectivity index (χ4n) is 2.17. The van der Waals surface area contributed by atoms with Crippen molar-refractivity contribution in [1.29, 1.82) is 0 Å². The fraction of sp³-hybridized carbons (Fsp3) is 0.600. The molecular formula is C15H24ClNO2S. The van der Waals surface area contributed by atoms with E-state index < -0.39 is 10.0 Å². The molecule has 5 heteroatoms. The van der Waals surface area contributed by atoms with Gasteiger partial charge in [-0.05, 0) is 42.3 Å². The van der Waals surface area contributed by atoms with Gasteiger partial charge in [0.15, 0.2) is 0 Å². The van der Waals surface area contributed by atoms with Crippen molar-refractivity contribution in [3.8, 4) is 0 Å². The van der Waals surface area contributed by atoms with E-state index in [9.17, 15) is 8.42 Å². The number of benzene rings is 1. The molecule has 0 aliphatic rings. The van der Waals surface area contributed by atoms with E-state index >= 15 is 0 Å². The third kappa shape index (κ3) is 6.25. The van der Waals surface area contributed by atoms with E-state index in [4.69, 9.17) is 11.8 Å². The Balaban J connectivity index is 2.29. The number of nitrogens with one attached hydrogen (secondary N) is 1. The van der Waals surface area contributed by atoms with Gasteiger partial charge in [0.1, 0.15) is 0 Å². The second-order valence-electron chi connectivity index (χ2n) is 5.10. The maximum absolute atomic E-state index is 11.5. The fourth-order valence-corrected chi connectivity index (χ4v) is 3.02. The van der Waals surface area contributed by atoms with Crippen LogP contribution in [0, 0.1) is 0 Å². The zero-order valence-electron chi connectivity index (χ0n) is 12.1. The van der Waals surface area contributed by atoms with Crippen molar-refractivity contribution in [2.75, 3.05) is 0 Å². The first-order valence-electron chi connectivity index (χ1n) is 7.31. The minimum Gasteiger partial charge on any atom is -0.206 e. The Morgan fingerprint density at radius 1 is 0.950 bits per heavy atom. The number of halogens is 1. The van der Waals surface area contributed by atoms with E-state index in [1.807, 2.05) is 12.1 Å². The highest BCUT2D eigenvalue weighted by Crippen LogP contribution is 2.14. The topological polar surface area (TPSA) is 46.2 Å². The zero-order valence-corrected chi connectivity index (χ0v) is 13.6. The number of sulfonamides is 1. The van der Waals surface area contributed by atoms with Gasteiger partial charge in [-0.3, -0.25) is 0 Å². The van der Waals surface area contributed by atoms with Gasteiger partial charge in [-0.1, -0.05) is 57.6 Å². The molecule has 1 N–H and O–H groups in total. The maximum atomic E-state index is 11.5. The Bertz CT molecular complexity index is 471. The molecule has 0 aliphatic heterocycles. The molecule has 0 radical (unpaired) electrons. The number of aryl methyl sites for hydroxylation is 1. The molecule has 114 valence electrons. The molecule has 1 rings (SSSR count). The molecule has 0 spiro atoms. The van der Waals surface area contributed by atoms with Crippen LogP contribution in [0.2, 0.25) is 0 Å². The van der Waals surface area contributed by atoms with Crippen LogP contribution in [0.15, 0.2) is 29.2 Å². The van der Waals surface area contributed by atoms with Gasteiger partial charge < -0.3 is 0 Å².